The number of nitrogens with one attached hydrogen (secondary N) is 2. The van der Waals surface area contributed by atoms with E-state index in [9.17, 15) is 4.79 Å². The second-order valence-electron chi connectivity index (χ2n) is 4.40. The Morgan fingerprint density at radius 1 is 1.62 bits per heavy atom. The Labute approximate surface area is 95.2 Å². The van der Waals surface area contributed by atoms with E-state index in [0.29, 0.717) is 5.69 Å². The van der Waals surface area contributed by atoms with Crippen molar-refractivity contribution in [3.05, 3.63) is 17.5 Å². The maximum Gasteiger partial charge on any atom is 0.271 e. The molecule has 2 heterocycles. The number of nitrogens with zero attached hydrogens (tertiary/aromatic N) is 2. The van der Waals surface area contributed by atoms with Gasteiger partial charge < -0.3 is 10.6 Å². The van der Waals surface area contributed by atoms with Gasteiger partial charge in [-0.25, -0.2) is 0 Å². The fraction of sp³-hybridized carbons (Fsp3) is 0.636. The summed E-state index contributed by atoms with van der Waals surface area (Å²) in [6, 6.07) is 2.02. The first kappa shape index (κ1) is 11.1. The zero-order valence-corrected chi connectivity index (χ0v) is 9.79. The summed E-state index contributed by atoms with van der Waals surface area (Å²) in [6.07, 6.45) is 1.06. The van der Waals surface area contributed by atoms with E-state index in [2.05, 4.69) is 15.7 Å². The predicted molar refractivity (Wildman–Crippen MR) is 61.2 cm³/mol. The molecular formula is C11H18N4O. The quantitative estimate of drug-likeness (QED) is 0.766. The second-order valence-corrected chi connectivity index (χ2v) is 4.40. The highest BCUT2D eigenvalue weighted by atomic mass is 16.2. The molecule has 0 radical (unpaired) electrons. The molecule has 0 bridgehead atoms. The predicted octanol–water partition coefficient (Wildman–Crippen LogP) is 0.515. The van der Waals surface area contributed by atoms with E-state index >= 15 is 0 Å². The monoisotopic (exact) mass is 222 g/mol. The first-order chi connectivity index (χ1) is 7.66. The van der Waals surface area contributed by atoms with Gasteiger partial charge in [-0.1, -0.05) is 0 Å². The Morgan fingerprint density at radius 2 is 2.44 bits per heavy atom. The highest BCUT2D eigenvalue weighted by Gasteiger charge is 2.15. The smallest absolute Gasteiger partial charge is 0.271 e. The van der Waals surface area contributed by atoms with E-state index in [1.807, 2.05) is 24.6 Å². The van der Waals surface area contributed by atoms with Crippen molar-refractivity contribution in [2.24, 2.45) is 0 Å². The van der Waals surface area contributed by atoms with Crippen LogP contribution in [0.4, 0.5) is 0 Å². The third kappa shape index (κ3) is 2.41. The third-order valence-electron chi connectivity index (χ3n) is 2.55. The summed E-state index contributed by atoms with van der Waals surface area (Å²) in [4.78, 5) is 11.8. The molecule has 0 spiro atoms. The first-order valence-corrected chi connectivity index (χ1v) is 5.75. The molecule has 2 rings (SSSR count). The minimum absolute atomic E-state index is 0.0874. The zero-order chi connectivity index (χ0) is 11.5. The van der Waals surface area contributed by atoms with Gasteiger partial charge in [0.2, 0.25) is 0 Å². The summed E-state index contributed by atoms with van der Waals surface area (Å²) in [5.41, 5.74) is 1.61. The van der Waals surface area contributed by atoms with Crippen LogP contribution in [0.1, 0.15) is 36.5 Å². The molecule has 1 aliphatic rings. The number of rotatable bonds is 2. The molecule has 5 nitrogen and oxygen atoms in total. The van der Waals surface area contributed by atoms with Crippen LogP contribution in [0.3, 0.4) is 0 Å². The lowest BCUT2D eigenvalue weighted by molar-refractivity contribution is 0.0937. The number of aryl methyl sites for hydroxylation is 1. The molecule has 1 amide bonds. The lowest BCUT2D eigenvalue weighted by atomic mass is 10.3. The molecule has 1 aromatic rings. The summed E-state index contributed by atoms with van der Waals surface area (Å²) in [5.74, 6) is -0.0874. The van der Waals surface area contributed by atoms with Crippen molar-refractivity contribution >= 4 is 5.91 Å². The average Bonchev–Trinajstić information content (AvgIpc) is 2.49. The molecule has 2 N–H and O–H groups in total. The summed E-state index contributed by atoms with van der Waals surface area (Å²) in [5, 5.41) is 10.5. The average molecular weight is 222 g/mol. The fourth-order valence-electron chi connectivity index (χ4n) is 1.81. The third-order valence-corrected chi connectivity index (χ3v) is 2.55. The van der Waals surface area contributed by atoms with Gasteiger partial charge in [0, 0.05) is 19.1 Å². The van der Waals surface area contributed by atoms with Crippen LogP contribution in [0.5, 0.6) is 0 Å². The van der Waals surface area contributed by atoms with Crippen LogP contribution in [0.2, 0.25) is 0 Å². The molecule has 0 atom stereocenters. The molecule has 0 saturated carbocycles. The van der Waals surface area contributed by atoms with Gasteiger partial charge in [-0.05, 0) is 32.9 Å². The van der Waals surface area contributed by atoms with E-state index in [1.54, 1.807) is 0 Å². The minimum Gasteiger partial charge on any atom is -0.348 e. The van der Waals surface area contributed by atoms with Crippen LogP contribution >= 0.6 is 0 Å². The molecule has 0 aliphatic carbocycles. The van der Waals surface area contributed by atoms with E-state index in [0.717, 1.165) is 31.7 Å². The number of amides is 1. The van der Waals surface area contributed by atoms with E-state index in [-0.39, 0.29) is 11.9 Å². The molecule has 1 aromatic heterocycles. The van der Waals surface area contributed by atoms with Crippen LogP contribution in [0.25, 0.3) is 0 Å². The SMILES string of the molecule is CC(C)NC(=O)c1cc2n(n1)CCCNC2. The minimum atomic E-state index is -0.0874. The Morgan fingerprint density at radius 3 is 3.19 bits per heavy atom. The Hall–Kier alpha value is -1.36. The van der Waals surface area contributed by atoms with E-state index in [4.69, 9.17) is 0 Å². The van der Waals surface area contributed by atoms with Gasteiger partial charge in [0.25, 0.3) is 5.91 Å². The normalized spacial score (nSPS) is 15.7. The van der Waals surface area contributed by atoms with Gasteiger partial charge in [0.15, 0.2) is 0 Å². The summed E-state index contributed by atoms with van der Waals surface area (Å²) in [7, 11) is 0. The lowest BCUT2D eigenvalue weighted by Gasteiger charge is -2.05. The lowest BCUT2D eigenvalue weighted by Crippen LogP contribution is -2.30. The van der Waals surface area contributed by atoms with E-state index in [1.165, 1.54) is 0 Å². The highest BCUT2D eigenvalue weighted by molar-refractivity contribution is 5.92. The number of carbonyl (C=O) groups excluding carboxylic acids is 1. The van der Waals surface area contributed by atoms with Crippen molar-refractivity contribution in [3.63, 3.8) is 0 Å². The van der Waals surface area contributed by atoms with Crippen molar-refractivity contribution in [2.45, 2.75) is 39.4 Å². The maximum absolute atomic E-state index is 11.8. The summed E-state index contributed by atoms with van der Waals surface area (Å²) < 4.78 is 1.93. The van der Waals surface area contributed by atoms with Crippen LogP contribution in [0.15, 0.2) is 6.07 Å². The summed E-state index contributed by atoms with van der Waals surface area (Å²) in [6.45, 7) is 6.58. The number of hydrogen-bond acceptors (Lipinski definition) is 3. The van der Waals surface area contributed by atoms with Crippen molar-refractivity contribution in [3.8, 4) is 0 Å². The van der Waals surface area contributed by atoms with Crippen LogP contribution in [-0.4, -0.2) is 28.3 Å². The second kappa shape index (κ2) is 4.65. The molecule has 1 aliphatic heterocycles. The largest absolute Gasteiger partial charge is 0.348 e. The molecule has 5 heteroatoms. The van der Waals surface area contributed by atoms with Gasteiger partial charge in [-0.2, -0.15) is 5.10 Å². The number of carbonyl (C=O) groups is 1. The number of fused-ring (bicyclic) bond motifs is 1. The standard InChI is InChI=1S/C11H18N4O/c1-8(2)13-11(16)10-6-9-7-12-4-3-5-15(9)14-10/h6,8,12H,3-5,7H2,1-2H3,(H,13,16). The first-order valence-electron chi connectivity index (χ1n) is 5.75. The van der Waals surface area contributed by atoms with Crippen molar-refractivity contribution in [2.75, 3.05) is 6.54 Å². The molecule has 88 valence electrons. The van der Waals surface area contributed by atoms with Gasteiger partial charge in [-0.15, -0.1) is 0 Å². The van der Waals surface area contributed by atoms with Crippen molar-refractivity contribution < 1.29 is 4.79 Å². The maximum atomic E-state index is 11.8. The van der Waals surface area contributed by atoms with Crippen molar-refractivity contribution in [1.82, 2.24) is 20.4 Å². The Kier molecular flexibility index (Phi) is 3.24. The van der Waals surface area contributed by atoms with Crippen LogP contribution in [0, 0.1) is 0 Å². The summed E-state index contributed by atoms with van der Waals surface area (Å²) >= 11 is 0. The molecule has 0 saturated heterocycles. The topological polar surface area (TPSA) is 59.0 Å². The van der Waals surface area contributed by atoms with Gasteiger partial charge in [-0.3, -0.25) is 9.48 Å². The molecule has 0 unspecified atom stereocenters. The molecular weight excluding hydrogens is 204 g/mol. The Bertz CT molecular complexity index is 360. The highest BCUT2D eigenvalue weighted by Crippen LogP contribution is 2.08. The zero-order valence-electron chi connectivity index (χ0n) is 9.79. The van der Waals surface area contributed by atoms with Crippen molar-refractivity contribution in [1.29, 1.82) is 0 Å². The molecule has 16 heavy (non-hydrogen) atoms. The van der Waals surface area contributed by atoms with E-state index < -0.39 is 0 Å². The molecule has 0 aromatic carbocycles. The van der Waals surface area contributed by atoms with Crippen LogP contribution in [-0.2, 0) is 13.1 Å². The van der Waals surface area contributed by atoms with Gasteiger partial charge in [0.1, 0.15) is 5.69 Å². The Balaban J connectivity index is 2.14. The number of hydrogen-bond donors (Lipinski definition) is 2. The van der Waals surface area contributed by atoms with Crippen LogP contribution < -0.4 is 10.6 Å². The fourth-order valence-corrected chi connectivity index (χ4v) is 1.81. The van der Waals surface area contributed by atoms with Gasteiger partial charge in [0.05, 0.1) is 5.69 Å². The molecule has 0 fully saturated rings. The van der Waals surface area contributed by atoms with Gasteiger partial charge >= 0.3 is 0 Å². The number of aromatic nitrogens is 2.